The van der Waals surface area contributed by atoms with Crippen LogP contribution in [0.25, 0.3) is 0 Å². The highest BCUT2D eigenvalue weighted by Crippen LogP contribution is 2.27. The number of benzene rings is 1. The van der Waals surface area contributed by atoms with Crippen LogP contribution in [0.15, 0.2) is 24.3 Å². The number of hydrogen-bond donors (Lipinski definition) is 2. The van der Waals surface area contributed by atoms with E-state index in [4.69, 9.17) is 0 Å². The fourth-order valence-corrected chi connectivity index (χ4v) is 5.15. The standard InChI is InChI=1S/C24H41N3O3S/c1-17(2)27(18(3)4)23(28)20-9-8-10-22(15-20)25-16-19-11-13-21(14-12-19)26-31(29,30)24(5,6)7/h8-10,15,17-19,21,25-26H,11-14,16H2,1-7H3. The molecule has 1 aromatic carbocycles. The van der Waals surface area contributed by atoms with E-state index in [-0.39, 0.29) is 24.0 Å². The molecule has 1 aliphatic carbocycles. The van der Waals surface area contributed by atoms with Gasteiger partial charge < -0.3 is 10.2 Å². The number of anilines is 1. The Morgan fingerprint density at radius 2 is 1.65 bits per heavy atom. The van der Waals surface area contributed by atoms with Crippen molar-refractivity contribution >= 4 is 21.6 Å². The van der Waals surface area contributed by atoms with Gasteiger partial charge in [-0.3, -0.25) is 4.79 Å². The van der Waals surface area contributed by atoms with Gasteiger partial charge in [0.15, 0.2) is 0 Å². The zero-order valence-corrected chi connectivity index (χ0v) is 21.1. The van der Waals surface area contributed by atoms with Gasteiger partial charge in [-0.15, -0.1) is 0 Å². The third kappa shape index (κ3) is 6.94. The highest BCUT2D eigenvalue weighted by molar-refractivity contribution is 7.90. The van der Waals surface area contributed by atoms with Gasteiger partial charge in [-0.2, -0.15) is 0 Å². The summed E-state index contributed by atoms with van der Waals surface area (Å²) in [7, 11) is -3.30. The Morgan fingerprint density at radius 1 is 1.06 bits per heavy atom. The lowest BCUT2D eigenvalue weighted by atomic mass is 9.86. The summed E-state index contributed by atoms with van der Waals surface area (Å²) in [6.45, 7) is 14.2. The molecule has 0 aliphatic heterocycles. The lowest BCUT2D eigenvalue weighted by molar-refractivity contribution is 0.0643. The Balaban J connectivity index is 1.90. The van der Waals surface area contributed by atoms with E-state index in [1.807, 2.05) is 56.9 Å². The van der Waals surface area contributed by atoms with Crippen LogP contribution in [0.5, 0.6) is 0 Å². The zero-order valence-electron chi connectivity index (χ0n) is 20.2. The second kappa shape index (κ2) is 10.3. The Hall–Kier alpha value is -1.60. The van der Waals surface area contributed by atoms with Crippen LogP contribution in [0.3, 0.4) is 0 Å². The topological polar surface area (TPSA) is 78.5 Å². The third-order valence-electron chi connectivity index (χ3n) is 6.03. The van der Waals surface area contributed by atoms with Crippen LogP contribution >= 0.6 is 0 Å². The molecule has 0 spiro atoms. The number of carbonyl (C=O) groups excluding carboxylic acids is 1. The van der Waals surface area contributed by atoms with Crippen molar-refractivity contribution in [2.45, 2.75) is 97.0 Å². The maximum absolute atomic E-state index is 12.9. The molecule has 0 saturated heterocycles. The SMILES string of the molecule is CC(C)N(C(=O)c1cccc(NCC2CCC(NS(=O)(=O)C(C)(C)C)CC2)c1)C(C)C. The number of nitrogens with zero attached hydrogens (tertiary/aromatic N) is 1. The van der Waals surface area contributed by atoms with Crippen LogP contribution in [0, 0.1) is 5.92 Å². The average molecular weight is 452 g/mol. The van der Waals surface area contributed by atoms with Crippen molar-refractivity contribution in [2.75, 3.05) is 11.9 Å². The van der Waals surface area contributed by atoms with E-state index >= 15 is 0 Å². The molecule has 0 heterocycles. The summed E-state index contributed by atoms with van der Waals surface area (Å²) in [5.74, 6) is 0.554. The van der Waals surface area contributed by atoms with E-state index in [2.05, 4.69) is 10.0 Å². The molecule has 2 rings (SSSR count). The van der Waals surface area contributed by atoms with Crippen LogP contribution < -0.4 is 10.0 Å². The first-order valence-corrected chi connectivity index (χ1v) is 13.0. The Labute approximate surface area is 189 Å². The minimum atomic E-state index is -3.30. The van der Waals surface area contributed by atoms with Gasteiger partial charge >= 0.3 is 0 Å². The lowest BCUT2D eigenvalue weighted by Gasteiger charge is -2.32. The molecular weight excluding hydrogens is 410 g/mol. The normalized spacial score (nSPS) is 20.2. The largest absolute Gasteiger partial charge is 0.385 e. The summed E-state index contributed by atoms with van der Waals surface area (Å²) in [4.78, 5) is 14.9. The quantitative estimate of drug-likeness (QED) is 0.604. The number of sulfonamides is 1. The van der Waals surface area contributed by atoms with Gasteiger partial charge in [0.2, 0.25) is 10.0 Å². The van der Waals surface area contributed by atoms with Crippen molar-refractivity contribution in [1.29, 1.82) is 0 Å². The maximum Gasteiger partial charge on any atom is 0.254 e. The number of hydrogen-bond acceptors (Lipinski definition) is 4. The first-order chi connectivity index (χ1) is 14.3. The van der Waals surface area contributed by atoms with Gasteiger partial charge in [0.1, 0.15) is 0 Å². The highest BCUT2D eigenvalue weighted by atomic mass is 32.2. The number of amides is 1. The van der Waals surface area contributed by atoms with Crippen LogP contribution in [-0.4, -0.2) is 48.6 Å². The van der Waals surface area contributed by atoms with Crippen molar-refractivity contribution in [3.8, 4) is 0 Å². The number of nitrogens with one attached hydrogen (secondary N) is 2. The number of rotatable bonds is 8. The predicted molar refractivity (Wildman–Crippen MR) is 129 cm³/mol. The zero-order chi connectivity index (χ0) is 23.4. The van der Waals surface area contributed by atoms with E-state index in [1.165, 1.54) is 0 Å². The molecule has 31 heavy (non-hydrogen) atoms. The molecule has 0 aromatic heterocycles. The highest BCUT2D eigenvalue weighted by Gasteiger charge is 2.32. The summed E-state index contributed by atoms with van der Waals surface area (Å²) in [6, 6.07) is 8.05. The molecule has 0 radical (unpaired) electrons. The molecule has 1 fully saturated rings. The summed E-state index contributed by atoms with van der Waals surface area (Å²) in [5, 5.41) is 3.48. The summed E-state index contributed by atoms with van der Waals surface area (Å²) < 4.78 is 26.9. The molecule has 1 amide bonds. The fourth-order valence-electron chi connectivity index (χ4n) is 4.12. The van der Waals surface area contributed by atoms with Crippen molar-refractivity contribution in [3.63, 3.8) is 0 Å². The maximum atomic E-state index is 12.9. The van der Waals surface area contributed by atoms with Gasteiger partial charge in [0.05, 0.1) is 4.75 Å². The van der Waals surface area contributed by atoms with Crippen LogP contribution in [-0.2, 0) is 10.0 Å². The molecule has 1 saturated carbocycles. The first-order valence-electron chi connectivity index (χ1n) is 11.5. The predicted octanol–water partition coefficient (Wildman–Crippen LogP) is 4.63. The van der Waals surface area contributed by atoms with Gasteiger partial charge in [-0.25, -0.2) is 13.1 Å². The molecule has 0 bridgehead atoms. The van der Waals surface area contributed by atoms with E-state index in [1.54, 1.807) is 20.8 Å². The fraction of sp³-hybridized carbons (Fsp3) is 0.708. The van der Waals surface area contributed by atoms with Gasteiger partial charge in [0.25, 0.3) is 5.91 Å². The second-order valence-corrected chi connectivity index (χ2v) is 12.8. The summed E-state index contributed by atoms with van der Waals surface area (Å²) in [5.41, 5.74) is 1.65. The molecule has 0 unspecified atom stereocenters. The molecular formula is C24H41N3O3S. The van der Waals surface area contributed by atoms with E-state index in [9.17, 15) is 13.2 Å². The molecule has 6 nitrogen and oxygen atoms in total. The lowest BCUT2D eigenvalue weighted by Crippen LogP contribution is -2.46. The Kier molecular flexibility index (Phi) is 8.56. The number of carbonyl (C=O) groups is 1. The van der Waals surface area contributed by atoms with Crippen molar-refractivity contribution < 1.29 is 13.2 Å². The first kappa shape index (κ1) is 25.7. The molecule has 1 aromatic rings. The van der Waals surface area contributed by atoms with Gasteiger partial charge in [-0.1, -0.05) is 6.07 Å². The minimum Gasteiger partial charge on any atom is -0.385 e. The van der Waals surface area contributed by atoms with Crippen molar-refractivity contribution in [3.05, 3.63) is 29.8 Å². The molecule has 1 aliphatic rings. The molecule has 176 valence electrons. The monoisotopic (exact) mass is 451 g/mol. The summed E-state index contributed by atoms with van der Waals surface area (Å²) in [6.07, 6.45) is 3.69. The van der Waals surface area contributed by atoms with Gasteiger partial charge in [0, 0.05) is 35.9 Å². The second-order valence-electron chi connectivity index (χ2n) is 10.3. The van der Waals surface area contributed by atoms with Crippen LogP contribution in [0.4, 0.5) is 5.69 Å². The molecule has 2 N–H and O–H groups in total. The smallest absolute Gasteiger partial charge is 0.254 e. The van der Waals surface area contributed by atoms with Gasteiger partial charge in [-0.05, 0) is 98.3 Å². The van der Waals surface area contributed by atoms with Crippen LogP contribution in [0.2, 0.25) is 0 Å². The van der Waals surface area contributed by atoms with E-state index in [0.717, 1.165) is 37.9 Å². The van der Waals surface area contributed by atoms with E-state index < -0.39 is 14.8 Å². The average Bonchev–Trinajstić information content (AvgIpc) is 2.66. The molecule has 0 atom stereocenters. The van der Waals surface area contributed by atoms with Crippen LogP contribution in [0.1, 0.15) is 84.5 Å². The molecule has 7 heteroatoms. The van der Waals surface area contributed by atoms with E-state index in [0.29, 0.717) is 11.5 Å². The Morgan fingerprint density at radius 3 is 2.16 bits per heavy atom. The van der Waals surface area contributed by atoms with Crippen molar-refractivity contribution in [1.82, 2.24) is 9.62 Å². The third-order valence-corrected chi connectivity index (χ3v) is 8.28. The Bertz CT molecular complexity index is 828. The minimum absolute atomic E-state index is 0.0273. The summed E-state index contributed by atoms with van der Waals surface area (Å²) >= 11 is 0. The van der Waals surface area contributed by atoms with Crippen molar-refractivity contribution in [2.24, 2.45) is 5.92 Å².